The van der Waals surface area contributed by atoms with E-state index in [1.54, 1.807) is 7.05 Å². The van der Waals surface area contributed by atoms with E-state index < -0.39 is 15.6 Å². The highest BCUT2D eigenvalue weighted by molar-refractivity contribution is 9.13. The third kappa shape index (κ3) is 1.05. The van der Waals surface area contributed by atoms with Gasteiger partial charge in [-0.05, 0) is 28.8 Å². The van der Waals surface area contributed by atoms with Crippen LogP contribution in [0.3, 0.4) is 0 Å². The smallest absolute Gasteiger partial charge is 0.252 e. The van der Waals surface area contributed by atoms with Crippen LogP contribution in [0.1, 0.15) is 25.7 Å². The summed E-state index contributed by atoms with van der Waals surface area (Å²) in [6, 6.07) is 0. The summed E-state index contributed by atoms with van der Waals surface area (Å²) in [6.45, 7) is 0. The van der Waals surface area contributed by atoms with Crippen molar-refractivity contribution in [2.75, 3.05) is 7.05 Å². The summed E-state index contributed by atoms with van der Waals surface area (Å²) in [6.07, 6.45) is 3.76. The molecule has 0 aromatic carbocycles. The molecule has 0 radical (unpaired) electrons. The van der Waals surface area contributed by atoms with Gasteiger partial charge in [0.15, 0.2) is 0 Å². The summed E-state index contributed by atoms with van der Waals surface area (Å²) < 4.78 is 25.2. The van der Waals surface area contributed by atoms with Gasteiger partial charge in [0.05, 0.1) is 11.2 Å². The number of nitrogens with two attached hydrogens (primary N) is 1. The largest absolute Gasteiger partial charge is 0.399 e. The number of halogens is 1. The van der Waals surface area contributed by atoms with E-state index in [0.29, 0.717) is 5.70 Å². The monoisotopic (exact) mass is 280 g/mol. The lowest BCUT2D eigenvalue weighted by Crippen LogP contribution is -2.45. The van der Waals surface area contributed by atoms with Gasteiger partial charge in [-0.25, -0.2) is 8.42 Å². The number of nitrogens with zero attached hydrogens (tertiary/aromatic N) is 1. The zero-order valence-electron chi connectivity index (χ0n) is 7.96. The number of likely N-dealkylation sites (N-methyl/N-ethyl adjacent to an activating group) is 1. The van der Waals surface area contributed by atoms with E-state index in [9.17, 15) is 8.42 Å². The SMILES string of the molecule is CN1C2(CCCC2)C(N)=C(Br)S1(=O)=O. The molecule has 1 spiro atoms. The van der Waals surface area contributed by atoms with Gasteiger partial charge in [-0.15, -0.1) is 0 Å². The molecule has 1 saturated carbocycles. The Balaban J connectivity index is 2.58. The highest BCUT2D eigenvalue weighted by Gasteiger charge is 2.53. The second kappa shape index (κ2) is 2.96. The van der Waals surface area contributed by atoms with Gasteiger partial charge in [0.1, 0.15) is 3.81 Å². The molecule has 0 atom stereocenters. The van der Waals surface area contributed by atoms with Crippen molar-refractivity contribution >= 4 is 26.0 Å². The predicted molar refractivity (Wildman–Crippen MR) is 58.0 cm³/mol. The normalized spacial score (nSPS) is 30.4. The molecule has 1 fully saturated rings. The van der Waals surface area contributed by atoms with Gasteiger partial charge in [-0.3, -0.25) is 0 Å². The quantitative estimate of drug-likeness (QED) is 0.723. The molecule has 0 aromatic heterocycles. The maximum absolute atomic E-state index is 11.8. The molecule has 0 unspecified atom stereocenters. The number of rotatable bonds is 0. The molecular weight excluding hydrogens is 268 g/mol. The first-order valence-electron chi connectivity index (χ1n) is 4.58. The van der Waals surface area contributed by atoms with Crippen LogP contribution in [-0.4, -0.2) is 25.3 Å². The maximum Gasteiger partial charge on any atom is 0.252 e. The van der Waals surface area contributed by atoms with E-state index in [2.05, 4.69) is 15.9 Å². The minimum Gasteiger partial charge on any atom is -0.399 e. The summed E-state index contributed by atoms with van der Waals surface area (Å²) in [4.78, 5) is 0. The summed E-state index contributed by atoms with van der Waals surface area (Å²) in [5.74, 6) is 0. The minimum absolute atomic E-state index is 0.161. The molecule has 80 valence electrons. The molecule has 1 aliphatic carbocycles. The van der Waals surface area contributed by atoms with Gasteiger partial charge < -0.3 is 5.73 Å². The van der Waals surface area contributed by atoms with Crippen LogP contribution >= 0.6 is 15.9 Å². The van der Waals surface area contributed by atoms with Crippen molar-refractivity contribution in [3.05, 3.63) is 9.51 Å². The van der Waals surface area contributed by atoms with E-state index in [4.69, 9.17) is 5.73 Å². The molecule has 4 nitrogen and oxygen atoms in total. The Kier molecular flexibility index (Phi) is 2.21. The fourth-order valence-corrected chi connectivity index (χ4v) is 4.86. The van der Waals surface area contributed by atoms with Crippen molar-refractivity contribution in [1.29, 1.82) is 0 Å². The number of sulfonamides is 1. The van der Waals surface area contributed by atoms with Crippen molar-refractivity contribution in [1.82, 2.24) is 4.31 Å². The van der Waals surface area contributed by atoms with Crippen LogP contribution < -0.4 is 5.73 Å². The molecule has 0 bridgehead atoms. The third-order valence-electron chi connectivity index (χ3n) is 3.33. The van der Waals surface area contributed by atoms with E-state index in [1.165, 1.54) is 4.31 Å². The average Bonchev–Trinajstić information content (AvgIpc) is 2.67. The second-order valence-electron chi connectivity index (χ2n) is 3.90. The van der Waals surface area contributed by atoms with Crippen molar-refractivity contribution in [2.24, 2.45) is 5.73 Å². The van der Waals surface area contributed by atoms with Crippen LogP contribution in [0.4, 0.5) is 0 Å². The van der Waals surface area contributed by atoms with Crippen LogP contribution in [0, 0.1) is 0 Å². The lowest BCUT2D eigenvalue weighted by molar-refractivity contribution is 0.279. The molecule has 14 heavy (non-hydrogen) atoms. The van der Waals surface area contributed by atoms with E-state index in [-0.39, 0.29) is 3.81 Å². The Morgan fingerprint density at radius 1 is 1.43 bits per heavy atom. The summed E-state index contributed by atoms with van der Waals surface area (Å²) >= 11 is 3.08. The minimum atomic E-state index is -3.34. The topological polar surface area (TPSA) is 63.4 Å². The fraction of sp³-hybridized carbons (Fsp3) is 0.750. The molecule has 6 heteroatoms. The molecule has 0 saturated heterocycles. The fourth-order valence-electron chi connectivity index (χ4n) is 2.39. The van der Waals surface area contributed by atoms with Crippen molar-refractivity contribution in [3.63, 3.8) is 0 Å². The van der Waals surface area contributed by atoms with Crippen LogP contribution in [-0.2, 0) is 10.0 Å². The Morgan fingerprint density at radius 3 is 2.29 bits per heavy atom. The summed E-state index contributed by atoms with van der Waals surface area (Å²) in [5, 5.41) is 0. The Bertz CT molecular complexity index is 396. The predicted octanol–water partition coefficient (Wildman–Crippen LogP) is 1.10. The summed E-state index contributed by atoms with van der Waals surface area (Å²) in [7, 11) is -1.73. The lowest BCUT2D eigenvalue weighted by Gasteiger charge is -2.31. The van der Waals surface area contributed by atoms with E-state index in [1.807, 2.05) is 0 Å². The van der Waals surface area contributed by atoms with Crippen molar-refractivity contribution < 1.29 is 8.42 Å². The van der Waals surface area contributed by atoms with Gasteiger partial charge in [0.25, 0.3) is 10.0 Å². The molecule has 2 aliphatic rings. The van der Waals surface area contributed by atoms with Gasteiger partial charge in [-0.1, -0.05) is 12.8 Å². The maximum atomic E-state index is 11.8. The van der Waals surface area contributed by atoms with Crippen molar-refractivity contribution in [2.45, 2.75) is 31.2 Å². The lowest BCUT2D eigenvalue weighted by atomic mass is 9.95. The van der Waals surface area contributed by atoms with E-state index >= 15 is 0 Å². The van der Waals surface area contributed by atoms with Gasteiger partial charge in [-0.2, -0.15) is 4.31 Å². The van der Waals surface area contributed by atoms with Gasteiger partial charge in [0.2, 0.25) is 0 Å². The van der Waals surface area contributed by atoms with Crippen LogP contribution in [0.5, 0.6) is 0 Å². The Labute approximate surface area is 92.3 Å². The zero-order valence-corrected chi connectivity index (χ0v) is 10.4. The number of hydrogen-bond acceptors (Lipinski definition) is 3. The first kappa shape index (κ1) is 10.4. The van der Waals surface area contributed by atoms with Gasteiger partial charge in [0, 0.05) is 7.05 Å². The Hall–Kier alpha value is -0.0700. The van der Waals surface area contributed by atoms with Crippen molar-refractivity contribution in [3.8, 4) is 0 Å². The number of hydrogen-bond donors (Lipinski definition) is 1. The second-order valence-corrected chi connectivity index (χ2v) is 7.12. The van der Waals surface area contributed by atoms with Gasteiger partial charge >= 0.3 is 0 Å². The highest BCUT2D eigenvalue weighted by atomic mass is 79.9. The summed E-state index contributed by atoms with van der Waals surface area (Å²) in [5.41, 5.74) is 5.95. The standard InChI is InChI=1S/C8H13BrN2O2S/c1-11-8(4-2-3-5-8)6(10)7(9)14(11,12)13/h2-5,10H2,1H3. The average molecular weight is 281 g/mol. The molecule has 1 heterocycles. The molecule has 2 N–H and O–H groups in total. The highest BCUT2D eigenvalue weighted by Crippen LogP contribution is 2.48. The van der Waals surface area contributed by atoms with E-state index in [0.717, 1.165) is 25.7 Å². The van der Waals surface area contributed by atoms with Crippen LogP contribution in [0.15, 0.2) is 9.51 Å². The first-order valence-corrected chi connectivity index (χ1v) is 6.81. The molecule has 1 aliphatic heterocycles. The molecular formula is C8H13BrN2O2S. The van der Waals surface area contributed by atoms with Crippen LogP contribution in [0.25, 0.3) is 0 Å². The Morgan fingerprint density at radius 2 is 1.93 bits per heavy atom. The zero-order chi connectivity index (χ0) is 10.6. The first-order chi connectivity index (χ1) is 6.43. The third-order valence-corrected chi connectivity index (χ3v) is 6.73. The molecule has 0 aromatic rings. The molecule has 2 rings (SSSR count). The van der Waals surface area contributed by atoms with Crippen LogP contribution in [0.2, 0.25) is 0 Å². The molecule has 0 amide bonds.